The van der Waals surface area contributed by atoms with Gasteiger partial charge in [0.05, 0.1) is 0 Å². The van der Waals surface area contributed by atoms with Gasteiger partial charge in [-0.1, -0.05) is 34.1 Å². The number of carboxylic acid groups (broad SMARTS) is 1. The SMILES string of the molecule is CC(C(=O)O)C(=O)O[C@@H]1C[C@@H]2CC[C@H]3C(C)(C)CCC[C@]3(C)[C@]23CC[C@@]1(C)C3. The number of aliphatic carboxylic acids is 1. The van der Waals surface area contributed by atoms with Gasteiger partial charge < -0.3 is 9.84 Å². The summed E-state index contributed by atoms with van der Waals surface area (Å²) in [5, 5.41) is 9.18. The number of rotatable bonds is 3. The number of esters is 1. The maximum absolute atomic E-state index is 12.4. The molecule has 4 saturated carbocycles. The van der Waals surface area contributed by atoms with E-state index in [1.165, 1.54) is 45.4 Å². The molecule has 4 aliphatic carbocycles. The highest BCUT2D eigenvalue weighted by Crippen LogP contribution is 2.76. The van der Waals surface area contributed by atoms with Crippen LogP contribution in [0.5, 0.6) is 0 Å². The average molecular weight is 391 g/mol. The summed E-state index contributed by atoms with van der Waals surface area (Å²) < 4.78 is 5.88. The molecule has 158 valence electrons. The van der Waals surface area contributed by atoms with Gasteiger partial charge in [-0.05, 0) is 86.4 Å². The lowest BCUT2D eigenvalue weighted by atomic mass is 9.38. The van der Waals surface area contributed by atoms with E-state index in [-0.39, 0.29) is 11.5 Å². The first kappa shape index (κ1) is 20.2. The molecule has 0 saturated heterocycles. The molecule has 4 nitrogen and oxygen atoms in total. The van der Waals surface area contributed by atoms with Crippen LogP contribution in [-0.2, 0) is 14.3 Å². The number of hydrogen-bond acceptors (Lipinski definition) is 3. The van der Waals surface area contributed by atoms with Crippen LogP contribution in [0, 0.1) is 39.4 Å². The number of carbonyl (C=O) groups is 2. The van der Waals surface area contributed by atoms with Gasteiger partial charge in [0.1, 0.15) is 6.10 Å². The van der Waals surface area contributed by atoms with Crippen molar-refractivity contribution in [1.82, 2.24) is 0 Å². The van der Waals surface area contributed by atoms with Crippen LogP contribution in [0.2, 0.25) is 0 Å². The molecule has 0 aromatic heterocycles. The minimum absolute atomic E-state index is 0.00310. The van der Waals surface area contributed by atoms with Crippen molar-refractivity contribution >= 4 is 11.9 Å². The molecule has 4 heteroatoms. The summed E-state index contributed by atoms with van der Waals surface area (Å²) in [6.45, 7) is 11.3. The standard InChI is InChI=1S/C24H38O4/c1-15(19(25)26)20(27)28-18-13-16-7-8-17-21(2,3)9-6-10-23(17,5)24(16)12-11-22(18,4)14-24/h15-18H,6-14H2,1-5H3,(H,25,26)/t15?,16-,17-,18+,22-,23-,24-/m0/s1. The van der Waals surface area contributed by atoms with E-state index < -0.39 is 17.9 Å². The maximum atomic E-state index is 12.4. The fourth-order valence-electron chi connectivity index (χ4n) is 8.47. The number of hydrogen-bond donors (Lipinski definition) is 1. The van der Waals surface area contributed by atoms with Crippen molar-refractivity contribution in [1.29, 1.82) is 0 Å². The minimum Gasteiger partial charge on any atom is -0.481 e. The van der Waals surface area contributed by atoms with Gasteiger partial charge in [0, 0.05) is 5.41 Å². The summed E-state index contributed by atoms with van der Waals surface area (Å²) >= 11 is 0. The summed E-state index contributed by atoms with van der Waals surface area (Å²) in [5.74, 6) is -1.33. The number of carbonyl (C=O) groups excluding carboxylic acids is 1. The van der Waals surface area contributed by atoms with E-state index in [1.807, 2.05) is 0 Å². The van der Waals surface area contributed by atoms with Crippen molar-refractivity contribution in [2.24, 2.45) is 39.4 Å². The first-order valence-corrected chi connectivity index (χ1v) is 11.4. The van der Waals surface area contributed by atoms with E-state index in [4.69, 9.17) is 4.74 Å². The molecule has 0 aromatic rings. The predicted octanol–water partition coefficient (Wildman–Crippen LogP) is 5.44. The van der Waals surface area contributed by atoms with E-state index in [1.54, 1.807) is 0 Å². The maximum Gasteiger partial charge on any atom is 0.320 e. The van der Waals surface area contributed by atoms with Crippen molar-refractivity contribution < 1.29 is 19.4 Å². The van der Waals surface area contributed by atoms with E-state index >= 15 is 0 Å². The summed E-state index contributed by atoms with van der Waals surface area (Å²) in [6, 6.07) is 0. The van der Waals surface area contributed by atoms with Crippen molar-refractivity contribution in [3.63, 3.8) is 0 Å². The zero-order valence-electron chi connectivity index (χ0n) is 18.3. The summed E-state index contributed by atoms with van der Waals surface area (Å²) in [5.41, 5.74) is 1.19. The molecular formula is C24H38O4. The molecule has 0 heterocycles. The molecule has 0 radical (unpaired) electrons. The predicted molar refractivity (Wildman–Crippen MR) is 108 cm³/mol. The van der Waals surface area contributed by atoms with E-state index in [9.17, 15) is 14.7 Å². The van der Waals surface area contributed by atoms with Crippen molar-refractivity contribution in [3.05, 3.63) is 0 Å². The second kappa shape index (κ2) is 6.22. The lowest BCUT2D eigenvalue weighted by molar-refractivity contribution is -0.200. The van der Waals surface area contributed by atoms with Crippen LogP contribution < -0.4 is 0 Å². The Morgan fingerprint density at radius 1 is 1.04 bits per heavy atom. The van der Waals surface area contributed by atoms with Gasteiger partial charge in [-0.2, -0.15) is 0 Å². The van der Waals surface area contributed by atoms with Gasteiger partial charge >= 0.3 is 11.9 Å². The van der Waals surface area contributed by atoms with Crippen LogP contribution in [0.15, 0.2) is 0 Å². The van der Waals surface area contributed by atoms with Crippen molar-refractivity contribution in [2.75, 3.05) is 0 Å². The van der Waals surface area contributed by atoms with Crippen LogP contribution >= 0.6 is 0 Å². The second-order valence-corrected chi connectivity index (χ2v) is 11.8. The fraction of sp³-hybridized carbons (Fsp3) is 0.917. The van der Waals surface area contributed by atoms with Gasteiger partial charge in [0.25, 0.3) is 0 Å². The first-order chi connectivity index (χ1) is 13.0. The Morgan fingerprint density at radius 2 is 1.75 bits per heavy atom. The first-order valence-electron chi connectivity index (χ1n) is 11.4. The fourth-order valence-corrected chi connectivity index (χ4v) is 8.47. The molecule has 4 aliphatic rings. The van der Waals surface area contributed by atoms with Gasteiger partial charge in [0.15, 0.2) is 5.92 Å². The smallest absolute Gasteiger partial charge is 0.320 e. The third-order valence-corrected chi connectivity index (χ3v) is 10.1. The topological polar surface area (TPSA) is 63.6 Å². The highest BCUT2D eigenvalue weighted by Gasteiger charge is 2.69. The van der Waals surface area contributed by atoms with Gasteiger partial charge in [-0.15, -0.1) is 0 Å². The van der Waals surface area contributed by atoms with Crippen LogP contribution in [-0.4, -0.2) is 23.1 Å². The number of fused-ring (bicyclic) bond motifs is 2. The summed E-state index contributed by atoms with van der Waals surface area (Å²) in [6.07, 6.45) is 10.8. The van der Waals surface area contributed by atoms with Crippen LogP contribution in [0.4, 0.5) is 0 Å². The largest absolute Gasteiger partial charge is 0.481 e. The third-order valence-electron chi connectivity index (χ3n) is 10.1. The Labute approximate surface area is 169 Å². The van der Waals surface area contributed by atoms with Gasteiger partial charge in [-0.3, -0.25) is 9.59 Å². The lowest BCUT2D eigenvalue weighted by Gasteiger charge is -2.67. The number of carboxylic acids is 1. The Hall–Kier alpha value is -1.06. The van der Waals surface area contributed by atoms with E-state index in [2.05, 4.69) is 27.7 Å². The quantitative estimate of drug-likeness (QED) is 0.515. The molecule has 1 unspecified atom stereocenters. The molecule has 0 aromatic carbocycles. The Morgan fingerprint density at radius 3 is 2.43 bits per heavy atom. The Balaban J connectivity index is 1.62. The van der Waals surface area contributed by atoms with Crippen LogP contribution in [0.1, 0.15) is 92.4 Å². The molecular weight excluding hydrogens is 352 g/mol. The van der Waals surface area contributed by atoms with E-state index in [0.717, 1.165) is 25.2 Å². The number of ether oxygens (including phenoxy) is 1. The highest BCUT2D eigenvalue weighted by atomic mass is 16.5. The zero-order valence-corrected chi connectivity index (χ0v) is 18.3. The molecule has 0 amide bonds. The second-order valence-electron chi connectivity index (χ2n) is 11.8. The Bertz CT molecular complexity index is 684. The van der Waals surface area contributed by atoms with Gasteiger partial charge in [0.2, 0.25) is 0 Å². The molecule has 2 bridgehead atoms. The highest BCUT2D eigenvalue weighted by molar-refractivity contribution is 5.93. The monoisotopic (exact) mass is 390 g/mol. The zero-order chi connectivity index (χ0) is 20.5. The molecule has 28 heavy (non-hydrogen) atoms. The normalized spacial score (nSPS) is 47.5. The molecule has 4 rings (SSSR count). The van der Waals surface area contributed by atoms with E-state index in [0.29, 0.717) is 22.2 Å². The molecule has 1 spiro atoms. The summed E-state index contributed by atoms with van der Waals surface area (Å²) in [4.78, 5) is 23.6. The molecule has 1 N–H and O–H groups in total. The van der Waals surface area contributed by atoms with Crippen LogP contribution in [0.3, 0.4) is 0 Å². The average Bonchev–Trinajstić information content (AvgIpc) is 2.92. The minimum atomic E-state index is -1.09. The van der Waals surface area contributed by atoms with Crippen LogP contribution in [0.25, 0.3) is 0 Å². The van der Waals surface area contributed by atoms with Gasteiger partial charge in [-0.25, -0.2) is 0 Å². The Kier molecular flexibility index (Phi) is 4.49. The molecule has 0 aliphatic heterocycles. The molecule has 7 atom stereocenters. The van der Waals surface area contributed by atoms with Crippen molar-refractivity contribution in [3.8, 4) is 0 Å². The summed E-state index contributed by atoms with van der Waals surface area (Å²) in [7, 11) is 0. The third kappa shape index (κ3) is 2.61. The van der Waals surface area contributed by atoms with Crippen molar-refractivity contribution in [2.45, 2.75) is 98.5 Å². The lowest BCUT2D eigenvalue weighted by Crippen LogP contribution is -2.60. The molecule has 4 fully saturated rings.